The average molecular weight is 255 g/mol. The van der Waals surface area contributed by atoms with Crippen LogP contribution in [0.2, 0.25) is 0 Å². The number of rotatable bonds is 2. The van der Waals surface area contributed by atoms with E-state index >= 15 is 0 Å². The predicted molar refractivity (Wildman–Crippen MR) is 68.5 cm³/mol. The Balaban J connectivity index is 2.21. The number of hydrogen-bond donors (Lipinski definition) is 0. The zero-order valence-electron chi connectivity index (χ0n) is 10.2. The highest BCUT2D eigenvalue weighted by molar-refractivity contribution is 5.63. The smallest absolute Gasteiger partial charge is 0.258 e. The lowest BCUT2D eigenvalue weighted by molar-refractivity contribution is -0.513. The van der Waals surface area contributed by atoms with Crippen LogP contribution in [0.15, 0.2) is 48.9 Å². The van der Waals surface area contributed by atoms with Crippen molar-refractivity contribution in [3.05, 3.63) is 59.0 Å². The van der Waals surface area contributed by atoms with Gasteiger partial charge in [-0.25, -0.2) is 8.97 Å². The lowest BCUT2D eigenvalue weighted by Crippen LogP contribution is -2.19. The summed E-state index contributed by atoms with van der Waals surface area (Å²) >= 11 is 0. The fourth-order valence-corrected chi connectivity index (χ4v) is 2.11. The van der Waals surface area contributed by atoms with E-state index in [1.807, 2.05) is 40.5 Å². The number of nitro benzene ring substituents is 1. The van der Waals surface area contributed by atoms with E-state index < -0.39 is 4.92 Å². The summed E-state index contributed by atoms with van der Waals surface area (Å²) in [7, 11) is 1.89. The molecule has 0 aliphatic rings. The number of nitrogens with zero attached hydrogens (tertiary/aromatic N) is 4. The molecule has 0 aliphatic carbocycles. The van der Waals surface area contributed by atoms with E-state index in [4.69, 9.17) is 0 Å². The second kappa shape index (κ2) is 4.16. The van der Waals surface area contributed by atoms with Crippen LogP contribution < -0.4 is 4.40 Å². The summed E-state index contributed by atoms with van der Waals surface area (Å²) in [6.45, 7) is 0. The van der Waals surface area contributed by atoms with Gasteiger partial charge in [0.25, 0.3) is 5.69 Å². The van der Waals surface area contributed by atoms with E-state index in [9.17, 15) is 10.1 Å². The van der Waals surface area contributed by atoms with Crippen LogP contribution in [0.1, 0.15) is 0 Å². The highest BCUT2D eigenvalue weighted by Crippen LogP contribution is 2.23. The van der Waals surface area contributed by atoms with Crippen LogP contribution in [0.25, 0.3) is 17.0 Å². The lowest BCUT2D eigenvalue weighted by atomic mass is 10.1. The first kappa shape index (κ1) is 11.3. The van der Waals surface area contributed by atoms with Gasteiger partial charge < -0.3 is 0 Å². The Kier molecular flexibility index (Phi) is 2.49. The summed E-state index contributed by atoms with van der Waals surface area (Å²) in [5, 5.41) is 10.8. The average Bonchev–Trinajstić information content (AvgIpc) is 2.77. The highest BCUT2D eigenvalue weighted by Gasteiger charge is 2.17. The first-order valence-electron chi connectivity index (χ1n) is 5.73. The Morgan fingerprint density at radius 3 is 2.95 bits per heavy atom. The second-order valence-corrected chi connectivity index (χ2v) is 4.21. The number of nitro groups is 1. The van der Waals surface area contributed by atoms with Crippen molar-refractivity contribution in [1.29, 1.82) is 0 Å². The first-order valence-corrected chi connectivity index (χ1v) is 5.73. The van der Waals surface area contributed by atoms with Crippen LogP contribution in [0.3, 0.4) is 0 Å². The van der Waals surface area contributed by atoms with Crippen molar-refractivity contribution in [2.45, 2.75) is 0 Å². The van der Waals surface area contributed by atoms with Crippen LogP contribution in [-0.4, -0.2) is 14.5 Å². The minimum atomic E-state index is -0.391. The standard InChI is InChI=1S/C13H11N4O2/c1-15-12(9-16-7-3-6-14-13(15)16)10-4-2-5-11(8-10)17(18)19/h2-9H,1H3/q+1. The molecule has 0 unspecified atom stereocenters. The van der Waals surface area contributed by atoms with Gasteiger partial charge in [0.15, 0.2) is 0 Å². The van der Waals surface area contributed by atoms with Crippen molar-refractivity contribution in [2.75, 3.05) is 0 Å². The maximum absolute atomic E-state index is 10.8. The van der Waals surface area contributed by atoms with Gasteiger partial charge in [0, 0.05) is 23.8 Å². The summed E-state index contributed by atoms with van der Waals surface area (Å²) in [6.07, 6.45) is 5.51. The van der Waals surface area contributed by atoms with E-state index in [0.717, 1.165) is 17.0 Å². The molecule has 2 aromatic heterocycles. The fourth-order valence-electron chi connectivity index (χ4n) is 2.11. The molecular weight excluding hydrogens is 244 g/mol. The number of non-ortho nitro benzene ring substituents is 1. The molecule has 94 valence electrons. The fraction of sp³-hybridized carbons (Fsp3) is 0.0769. The summed E-state index contributed by atoms with van der Waals surface area (Å²) < 4.78 is 3.78. The SMILES string of the molecule is Cn1c(-c2cccc([N+](=O)[O-])c2)c[n+]2cccnc12. The topological polar surface area (TPSA) is 65.1 Å². The Morgan fingerprint density at radius 1 is 1.37 bits per heavy atom. The molecule has 0 bridgehead atoms. The lowest BCUT2D eigenvalue weighted by Gasteiger charge is -1.98. The minimum absolute atomic E-state index is 0.0840. The van der Waals surface area contributed by atoms with Crippen LogP contribution >= 0.6 is 0 Å². The molecule has 19 heavy (non-hydrogen) atoms. The van der Waals surface area contributed by atoms with Gasteiger partial charge in [0.1, 0.15) is 18.1 Å². The number of hydrogen-bond acceptors (Lipinski definition) is 3. The molecule has 0 N–H and O–H groups in total. The number of imidazole rings is 1. The van der Waals surface area contributed by atoms with Crippen molar-refractivity contribution in [3.8, 4) is 11.3 Å². The molecule has 0 spiro atoms. The molecule has 0 aliphatic heterocycles. The van der Waals surface area contributed by atoms with Gasteiger partial charge in [-0.15, -0.1) is 0 Å². The molecule has 0 fully saturated rings. The number of aromatic nitrogens is 3. The van der Waals surface area contributed by atoms with Crippen molar-refractivity contribution in [1.82, 2.24) is 9.55 Å². The Labute approximate surface area is 108 Å². The maximum atomic E-state index is 10.8. The molecule has 6 heteroatoms. The van der Waals surface area contributed by atoms with Gasteiger partial charge >= 0.3 is 5.78 Å². The van der Waals surface area contributed by atoms with E-state index in [1.54, 1.807) is 18.3 Å². The van der Waals surface area contributed by atoms with Crippen molar-refractivity contribution >= 4 is 11.5 Å². The molecule has 0 saturated carbocycles. The van der Waals surface area contributed by atoms with Crippen LogP contribution in [0.5, 0.6) is 0 Å². The molecule has 6 nitrogen and oxygen atoms in total. The van der Waals surface area contributed by atoms with E-state index in [-0.39, 0.29) is 5.69 Å². The molecule has 3 rings (SSSR count). The second-order valence-electron chi connectivity index (χ2n) is 4.21. The van der Waals surface area contributed by atoms with Gasteiger partial charge in [0.2, 0.25) is 0 Å². The zero-order valence-corrected chi connectivity index (χ0v) is 10.2. The van der Waals surface area contributed by atoms with Crippen molar-refractivity contribution in [2.24, 2.45) is 7.05 Å². The third kappa shape index (κ3) is 1.83. The third-order valence-electron chi connectivity index (χ3n) is 3.03. The molecule has 1 aromatic carbocycles. The third-order valence-corrected chi connectivity index (χ3v) is 3.03. The van der Waals surface area contributed by atoms with E-state index in [1.165, 1.54) is 6.07 Å². The first-order chi connectivity index (χ1) is 9.16. The number of benzene rings is 1. The van der Waals surface area contributed by atoms with Crippen LogP contribution in [0.4, 0.5) is 5.69 Å². The van der Waals surface area contributed by atoms with Crippen molar-refractivity contribution in [3.63, 3.8) is 0 Å². The zero-order chi connectivity index (χ0) is 13.4. The summed E-state index contributed by atoms with van der Waals surface area (Å²) in [5.41, 5.74) is 1.75. The van der Waals surface area contributed by atoms with Gasteiger partial charge in [-0.1, -0.05) is 17.1 Å². The number of fused-ring (bicyclic) bond motifs is 1. The Bertz CT molecular complexity index is 779. The van der Waals surface area contributed by atoms with Gasteiger partial charge in [-0.2, -0.15) is 0 Å². The van der Waals surface area contributed by atoms with E-state index in [0.29, 0.717) is 0 Å². The molecule has 0 amide bonds. The Morgan fingerprint density at radius 2 is 2.21 bits per heavy atom. The molecule has 0 radical (unpaired) electrons. The monoisotopic (exact) mass is 255 g/mol. The highest BCUT2D eigenvalue weighted by atomic mass is 16.6. The van der Waals surface area contributed by atoms with Gasteiger partial charge in [-0.05, 0) is 0 Å². The van der Waals surface area contributed by atoms with Gasteiger partial charge in [-0.3, -0.25) is 10.1 Å². The molecule has 2 heterocycles. The largest absolute Gasteiger partial charge is 0.403 e. The number of aryl methyl sites for hydroxylation is 1. The normalized spacial score (nSPS) is 10.8. The minimum Gasteiger partial charge on any atom is -0.258 e. The van der Waals surface area contributed by atoms with E-state index in [2.05, 4.69) is 4.98 Å². The van der Waals surface area contributed by atoms with Crippen LogP contribution in [0, 0.1) is 10.1 Å². The predicted octanol–water partition coefficient (Wildman–Crippen LogP) is 1.73. The Hall–Kier alpha value is -2.76. The quantitative estimate of drug-likeness (QED) is 0.398. The maximum Gasteiger partial charge on any atom is 0.403 e. The van der Waals surface area contributed by atoms with Crippen molar-refractivity contribution < 1.29 is 9.32 Å². The molecular formula is C13H11N4O2+. The summed E-state index contributed by atoms with van der Waals surface area (Å²) in [5.74, 6) is 0.781. The van der Waals surface area contributed by atoms with Gasteiger partial charge in [0.05, 0.1) is 18.2 Å². The molecule has 3 aromatic rings. The molecule has 0 atom stereocenters. The van der Waals surface area contributed by atoms with Crippen LogP contribution in [-0.2, 0) is 7.05 Å². The molecule has 0 saturated heterocycles. The summed E-state index contributed by atoms with van der Waals surface area (Å²) in [4.78, 5) is 14.7. The summed E-state index contributed by atoms with van der Waals surface area (Å²) in [6, 6.07) is 8.42.